The molecule has 4 rings (SSSR count). The molecule has 1 heterocycles. The van der Waals surface area contributed by atoms with Gasteiger partial charge in [0.2, 0.25) is 0 Å². The highest BCUT2D eigenvalue weighted by Crippen LogP contribution is 2.32. The molecule has 4 aromatic rings. The zero-order chi connectivity index (χ0) is 22.9. The van der Waals surface area contributed by atoms with Crippen LogP contribution in [0.3, 0.4) is 0 Å². The number of benzene rings is 3. The molecule has 9 heteroatoms. The van der Waals surface area contributed by atoms with Gasteiger partial charge in [-0.15, -0.1) is 0 Å². The van der Waals surface area contributed by atoms with Crippen LogP contribution in [-0.4, -0.2) is 10.2 Å². The molecule has 3 nitrogen and oxygen atoms in total. The van der Waals surface area contributed by atoms with Gasteiger partial charge in [0.05, 0.1) is 22.8 Å². The number of H-pyrrole nitrogens is 1. The summed E-state index contributed by atoms with van der Waals surface area (Å²) in [5.41, 5.74) is 0.636. The third-order valence-corrected chi connectivity index (χ3v) is 5.04. The van der Waals surface area contributed by atoms with E-state index < -0.39 is 23.5 Å². The third-order valence-electron chi connectivity index (χ3n) is 5.04. The van der Waals surface area contributed by atoms with Crippen molar-refractivity contribution in [3.05, 3.63) is 95.2 Å². The first-order valence-corrected chi connectivity index (χ1v) is 9.60. The van der Waals surface area contributed by atoms with Gasteiger partial charge in [-0.3, -0.25) is 5.10 Å². The minimum absolute atomic E-state index is 0.0729. The summed E-state index contributed by atoms with van der Waals surface area (Å²) < 4.78 is 78.8. The zero-order valence-electron chi connectivity index (χ0n) is 16.5. The van der Waals surface area contributed by atoms with Crippen molar-refractivity contribution >= 4 is 16.6 Å². The van der Waals surface area contributed by atoms with Crippen LogP contribution in [0.2, 0.25) is 0 Å². The number of nitrogens with zero attached hydrogens (tertiary/aromatic N) is 2. The maximum absolute atomic E-state index is 13.1. The van der Waals surface area contributed by atoms with Crippen molar-refractivity contribution in [2.45, 2.75) is 25.4 Å². The molecule has 0 amide bonds. The second-order valence-electron chi connectivity index (χ2n) is 7.39. The maximum Gasteiger partial charge on any atom is 0.416 e. The van der Waals surface area contributed by atoms with Crippen molar-refractivity contribution in [2.75, 3.05) is 4.90 Å². The molecule has 0 unspecified atom stereocenters. The molecule has 0 saturated carbocycles. The van der Waals surface area contributed by atoms with Crippen molar-refractivity contribution in [1.82, 2.24) is 10.2 Å². The van der Waals surface area contributed by atoms with Gasteiger partial charge in [-0.2, -0.15) is 31.4 Å². The van der Waals surface area contributed by atoms with Gasteiger partial charge >= 0.3 is 12.4 Å². The van der Waals surface area contributed by atoms with E-state index in [1.54, 1.807) is 41.4 Å². The highest BCUT2D eigenvalue weighted by Gasteiger charge is 2.31. The Balaban J connectivity index is 1.70. The van der Waals surface area contributed by atoms with Crippen LogP contribution in [0, 0.1) is 0 Å². The van der Waals surface area contributed by atoms with Gasteiger partial charge in [0.15, 0.2) is 0 Å². The molecular formula is C23H17F6N3. The summed E-state index contributed by atoms with van der Waals surface area (Å²) in [6.07, 6.45) is -7.37. The van der Waals surface area contributed by atoms with Crippen LogP contribution in [-0.2, 0) is 25.4 Å². The van der Waals surface area contributed by atoms with E-state index in [2.05, 4.69) is 10.2 Å². The molecule has 1 aromatic heterocycles. The fourth-order valence-electron chi connectivity index (χ4n) is 3.50. The maximum atomic E-state index is 13.1. The van der Waals surface area contributed by atoms with Crippen molar-refractivity contribution < 1.29 is 26.3 Å². The fraction of sp³-hybridized carbons (Fsp3) is 0.174. The number of hydrogen-bond acceptors (Lipinski definition) is 2. The summed E-state index contributed by atoms with van der Waals surface area (Å²) in [5, 5.41) is 7.55. The number of halogens is 6. The largest absolute Gasteiger partial charge is 0.416 e. The molecule has 32 heavy (non-hydrogen) atoms. The number of alkyl halides is 6. The summed E-state index contributed by atoms with van der Waals surface area (Å²) in [7, 11) is 0. The number of fused-ring (bicyclic) bond motifs is 1. The molecule has 0 fully saturated rings. The molecule has 0 bridgehead atoms. The Labute approximate surface area is 179 Å². The van der Waals surface area contributed by atoms with Crippen LogP contribution < -0.4 is 4.90 Å². The number of aromatic nitrogens is 2. The Morgan fingerprint density at radius 2 is 1.28 bits per heavy atom. The Morgan fingerprint density at radius 3 is 1.81 bits per heavy atom. The average molecular weight is 449 g/mol. The summed E-state index contributed by atoms with van der Waals surface area (Å²) in [5.74, 6) is 0. The predicted molar refractivity (Wildman–Crippen MR) is 109 cm³/mol. The monoisotopic (exact) mass is 449 g/mol. The molecule has 0 atom stereocenters. The van der Waals surface area contributed by atoms with Crippen molar-refractivity contribution in [3.8, 4) is 0 Å². The summed E-state index contributed by atoms with van der Waals surface area (Å²) in [6.45, 7) is 0.146. The second-order valence-corrected chi connectivity index (χ2v) is 7.39. The number of anilines is 1. The first-order chi connectivity index (χ1) is 15.1. The Kier molecular flexibility index (Phi) is 5.58. The Morgan fingerprint density at radius 1 is 0.719 bits per heavy atom. The molecule has 0 aliphatic heterocycles. The van der Waals surface area contributed by atoms with E-state index in [-0.39, 0.29) is 13.1 Å². The van der Waals surface area contributed by atoms with Gasteiger partial charge in [-0.1, -0.05) is 24.3 Å². The summed E-state index contributed by atoms with van der Waals surface area (Å²) >= 11 is 0. The van der Waals surface area contributed by atoms with Crippen molar-refractivity contribution in [2.24, 2.45) is 0 Å². The van der Waals surface area contributed by atoms with Gasteiger partial charge in [0.25, 0.3) is 0 Å². The standard InChI is InChI=1S/C23H17F6N3/c24-22(25,26)18-5-1-3-15(9-18)13-32(20-7-8-21-17(11-20)12-30-31-21)14-16-4-2-6-19(10-16)23(27,28)29/h1-12H,13-14H2,(H,30,31). The zero-order valence-corrected chi connectivity index (χ0v) is 16.5. The van der Waals surface area contributed by atoms with Gasteiger partial charge < -0.3 is 4.90 Å². The molecule has 1 N–H and O–H groups in total. The van der Waals surface area contributed by atoms with E-state index in [4.69, 9.17) is 0 Å². The van der Waals surface area contributed by atoms with E-state index in [1.807, 2.05) is 0 Å². The highest BCUT2D eigenvalue weighted by atomic mass is 19.4. The first-order valence-electron chi connectivity index (χ1n) is 9.60. The number of nitrogens with one attached hydrogen (secondary N) is 1. The minimum atomic E-state index is -4.49. The lowest BCUT2D eigenvalue weighted by Crippen LogP contribution is -2.22. The summed E-state index contributed by atoms with van der Waals surface area (Å²) in [4.78, 5) is 1.73. The molecule has 166 valence electrons. The lowest BCUT2D eigenvalue weighted by Gasteiger charge is -2.26. The van der Waals surface area contributed by atoms with Gasteiger partial charge in [0.1, 0.15) is 0 Å². The molecular weight excluding hydrogens is 432 g/mol. The van der Waals surface area contributed by atoms with Crippen LogP contribution in [0.15, 0.2) is 72.9 Å². The van der Waals surface area contributed by atoms with Gasteiger partial charge in [-0.05, 0) is 53.6 Å². The summed E-state index contributed by atoms with van der Waals surface area (Å²) in [6, 6.07) is 15.1. The normalized spacial score (nSPS) is 12.3. The first kappa shape index (κ1) is 21.7. The molecule has 0 saturated heterocycles. The SMILES string of the molecule is FC(F)(F)c1cccc(CN(Cc2cccc(C(F)(F)F)c2)c2ccc3[nH]ncc3c2)c1. The van der Waals surface area contributed by atoms with Crippen LogP contribution in [0.5, 0.6) is 0 Å². The number of aromatic amines is 1. The van der Waals surface area contributed by atoms with E-state index in [0.717, 1.165) is 35.2 Å². The van der Waals surface area contributed by atoms with Gasteiger partial charge in [-0.25, -0.2) is 0 Å². The molecule has 0 radical (unpaired) electrons. The van der Waals surface area contributed by atoms with E-state index >= 15 is 0 Å². The molecule has 3 aromatic carbocycles. The van der Waals surface area contributed by atoms with Crippen molar-refractivity contribution in [3.63, 3.8) is 0 Å². The van der Waals surface area contributed by atoms with E-state index in [9.17, 15) is 26.3 Å². The van der Waals surface area contributed by atoms with Crippen LogP contribution >= 0.6 is 0 Å². The van der Waals surface area contributed by atoms with Crippen LogP contribution in [0.1, 0.15) is 22.3 Å². The highest BCUT2D eigenvalue weighted by molar-refractivity contribution is 5.82. The average Bonchev–Trinajstić information content (AvgIpc) is 3.20. The molecule has 0 spiro atoms. The Hall–Kier alpha value is -3.49. The molecule has 0 aliphatic rings. The lowest BCUT2D eigenvalue weighted by molar-refractivity contribution is -0.138. The topological polar surface area (TPSA) is 31.9 Å². The predicted octanol–water partition coefficient (Wildman–Crippen LogP) is 6.81. The Bertz CT molecular complexity index is 1170. The van der Waals surface area contributed by atoms with Crippen LogP contribution in [0.25, 0.3) is 10.9 Å². The third kappa shape index (κ3) is 4.87. The number of hydrogen-bond donors (Lipinski definition) is 1. The van der Waals surface area contributed by atoms with Crippen molar-refractivity contribution in [1.29, 1.82) is 0 Å². The number of rotatable bonds is 5. The smallest absolute Gasteiger partial charge is 0.363 e. The minimum Gasteiger partial charge on any atom is -0.363 e. The second kappa shape index (κ2) is 8.22. The fourth-order valence-corrected chi connectivity index (χ4v) is 3.50. The van der Waals surface area contributed by atoms with Gasteiger partial charge in [0, 0.05) is 24.2 Å². The quantitative estimate of drug-likeness (QED) is 0.340. The van der Waals surface area contributed by atoms with Crippen LogP contribution in [0.4, 0.5) is 32.0 Å². The van der Waals surface area contributed by atoms with E-state index in [0.29, 0.717) is 16.8 Å². The van der Waals surface area contributed by atoms with E-state index in [1.165, 1.54) is 12.1 Å². The lowest BCUT2D eigenvalue weighted by atomic mass is 10.1. The molecule has 0 aliphatic carbocycles.